The van der Waals surface area contributed by atoms with Crippen LogP contribution in [0.4, 0.5) is 0 Å². The molecular weight excluding hydrogens is 260 g/mol. The van der Waals surface area contributed by atoms with Crippen LogP contribution >= 0.6 is 0 Å². The van der Waals surface area contributed by atoms with E-state index in [1.807, 2.05) is 19.1 Å². The van der Waals surface area contributed by atoms with Gasteiger partial charge in [-0.1, -0.05) is 52.0 Å². The number of rotatable bonds is 8. The van der Waals surface area contributed by atoms with E-state index < -0.39 is 0 Å². The Hall–Kier alpha value is -1.28. The first-order valence-corrected chi connectivity index (χ1v) is 7.95. The maximum atomic E-state index is 5.78. The topological polar surface area (TPSA) is 18.5 Å². The monoisotopic (exact) mass is 290 g/mol. The normalized spacial score (nSPS) is 14.9. The van der Waals surface area contributed by atoms with Crippen molar-refractivity contribution < 1.29 is 9.47 Å². The SMILES string of the molecule is C/C=C\C(c1ccc(OC(C)OCC(C)C)cc1)C(C)C. The number of hydrogen-bond acceptors (Lipinski definition) is 2. The standard InChI is InChI=1S/C19H30O2/c1-7-8-19(15(4)5)17-9-11-18(12-10-17)21-16(6)20-13-14(2)3/h7-12,14-16,19H,13H2,1-6H3/b8-7-. The zero-order valence-electron chi connectivity index (χ0n) is 14.3. The van der Waals surface area contributed by atoms with E-state index in [0.717, 1.165) is 12.4 Å². The summed E-state index contributed by atoms with van der Waals surface area (Å²) in [5.74, 6) is 2.42. The molecule has 1 aromatic rings. The Balaban J connectivity index is 2.64. The number of ether oxygens (including phenoxy) is 2. The maximum absolute atomic E-state index is 5.78. The van der Waals surface area contributed by atoms with E-state index >= 15 is 0 Å². The van der Waals surface area contributed by atoms with E-state index in [1.54, 1.807) is 0 Å². The quantitative estimate of drug-likeness (QED) is 0.471. The van der Waals surface area contributed by atoms with Crippen LogP contribution in [0.2, 0.25) is 0 Å². The van der Waals surface area contributed by atoms with Gasteiger partial charge in [0.25, 0.3) is 0 Å². The molecule has 0 saturated carbocycles. The molecule has 0 saturated heterocycles. The summed E-state index contributed by atoms with van der Waals surface area (Å²) in [4.78, 5) is 0. The Labute approximate surface area is 130 Å². The molecule has 2 unspecified atom stereocenters. The van der Waals surface area contributed by atoms with E-state index in [4.69, 9.17) is 9.47 Å². The molecule has 1 aromatic carbocycles. The molecular formula is C19H30O2. The molecule has 21 heavy (non-hydrogen) atoms. The van der Waals surface area contributed by atoms with Crippen molar-refractivity contribution in [2.75, 3.05) is 6.61 Å². The summed E-state index contributed by atoms with van der Waals surface area (Å²) in [6, 6.07) is 8.36. The van der Waals surface area contributed by atoms with Gasteiger partial charge in [-0.05, 0) is 43.4 Å². The predicted molar refractivity (Wildman–Crippen MR) is 89.7 cm³/mol. The highest BCUT2D eigenvalue weighted by molar-refractivity contribution is 5.31. The van der Waals surface area contributed by atoms with Gasteiger partial charge in [0.05, 0.1) is 6.61 Å². The van der Waals surface area contributed by atoms with Crippen LogP contribution in [0.5, 0.6) is 5.75 Å². The molecule has 0 radical (unpaired) electrons. The van der Waals surface area contributed by atoms with E-state index in [0.29, 0.717) is 17.8 Å². The fraction of sp³-hybridized carbons (Fsp3) is 0.579. The molecule has 2 nitrogen and oxygen atoms in total. The fourth-order valence-electron chi connectivity index (χ4n) is 2.25. The van der Waals surface area contributed by atoms with Gasteiger partial charge in [0.2, 0.25) is 0 Å². The number of allylic oxidation sites excluding steroid dienone is 2. The second-order valence-corrected chi connectivity index (χ2v) is 6.28. The lowest BCUT2D eigenvalue weighted by Crippen LogP contribution is -2.19. The molecule has 2 atom stereocenters. The molecule has 0 spiro atoms. The zero-order chi connectivity index (χ0) is 15.8. The molecule has 0 aliphatic carbocycles. The first-order chi connectivity index (χ1) is 9.93. The van der Waals surface area contributed by atoms with Crippen molar-refractivity contribution in [1.82, 2.24) is 0 Å². The summed E-state index contributed by atoms with van der Waals surface area (Å²) >= 11 is 0. The van der Waals surface area contributed by atoms with Gasteiger partial charge < -0.3 is 9.47 Å². The Morgan fingerprint density at radius 1 is 1.00 bits per heavy atom. The molecule has 0 aromatic heterocycles. The van der Waals surface area contributed by atoms with Crippen molar-refractivity contribution >= 4 is 0 Å². The molecule has 0 aliphatic rings. The lowest BCUT2D eigenvalue weighted by molar-refractivity contribution is -0.0755. The molecule has 0 heterocycles. The average Bonchev–Trinajstić information content (AvgIpc) is 2.43. The Bertz CT molecular complexity index is 418. The first-order valence-electron chi connectivity index (χ1n) is 7.95. The third-order valence-electron chi connectivity index (χ3n) is 3.35. The molecule has 0 fully saturated rings. The van der Waals surface area contributed by atoms with Gasteiger partial charge in [-0.2, -0.15) is 0 Å². The van der Waals surface area contributed by atoms with E-state index in [1.165, 1.54) is 5.56 Å². The van der Waals surface area contributed by atoms with E-state index in [9.17, 15) is 0 Å². The molecule has 0 bridgehead atoms. The van der Waals surface area contributed by atoms with Crippen molar-refractivity contribution in [2.45, 2.75) is 53.8 Å². The highest BCUT2D eigenvalue weighted by Crippen LogP contribution is 2.27. The second kappa shape index (κ2) is 8.89. The molecule has 118 valence electrons. The second-order valence-electron chi connectivity index (χ2n) is 6.28. The third kappa shape index (κ3) is 6.34. The van der Waals surface area contributed by atoms with E-state index in [-0.39, 0.29) is 6.29 Å². The van der Waals surface area contributed by atoms with Gasteiger partial charge in [0, 0.05) is 5.92 Å². The Kier molecular flexibility index (Phi) is 7.52. The molecule has 2 heteroatoms. The Morgan fingerprint density at radius 3 is 2.10 bits per heavy atom. The largest absolute Gasteiger partial charge is 0.465 e. The van der Waals surface area contributed by atoms with Crippen molar-refractivity contribution in [3.63, 3.8) is 0 Å². The van der Waals surface area contributed by atoms with Crippen LogP contribution in [-0.2, 0) is 4.74 Å². The Morgan fingerprint density at radius 2 is 1.62 bits per heavy atom. The van der Waals surface area contributed by atoms with Gasteiger partial charge in [-0.25, -0.2) is 0 Å². The summed E-state index contributed by atoms with van der Waals surface area (Å²) in [6.07, 6.45) is 4.17. The smallest absolute Gasteiger partial charge is 0.196 e. The summed E-state index contributed by atoms with van der Waals surface area (Å²) in [5.41, 5.74) is 1.33. The van der Waals surface area contributed by atoms with E-state index in [2.05, 4.69) is 58.9 Å². The third-order valence-corrected chi connectivity index (χ3v) is 3.35. The van der Waals surface area contributed by atoms with Crippen molar-refractivity contribution in [2.24, 2.45) is 11.8 Å². The van der Waals surface area contributed by atoms with Crippen LogP contribution in [0.1, 0.15) is 53.0 Å². The minimum absolute atomic E-state index is 0.213. The van der Waals surface area contributed by atoms with Gasteiger partial charge in [-0.15, -0.1) is 0 Å². The molecule has 1 rings (SSSR count). The van der Waals surface area contributed by atoms with Gasteiger partial charge >= 0.3 is 0 Å². The molecule has 0 N–H and O–H groups in total. The van der Waals surface area contributed by atoms with Crippen LogP contribution in [0.15, 0.2) is 36.4 Å². The molecule has 0 aliphatic heterocycles. The van der Waals surface area contributed by atoms with Gasteiger partial charge in [-0.3, -0.25) is 0 Å². The first kappa shape index (κ1) is 17.8. The predicted octanol–water partition coefficient (Wildman–Crippen LogP) is 5.40. The zero-order valence-corrected chi connectivity index (χ0v) is 14.3. The summed E-state index contributed by atoms with van der Waals surface area (Å²) in [7, 11) is 0. The summed E-state index contributed by atoms with van der Waals surface area (Å²) in [6.45, 7) is 13.5. The van der Waals surface area contributed by atoms with Gasteiger partial charge in [0.15, 0.2) is 6.29 Å². The lowest BCUT2D eigenvalue weighted by atomic mass is 9.88. The average molecular weight is 290 g/mol. The molecule has 0 amide bonds. The number of hydrogen-bond donors (Lipinski definition) is 0. The van der Waals surface area contributed by atoms with Crippen LogP contribution in [-0.4, -0.2) is 12.9 Å². The fourth-order valence-corrected chi connectivity index (χ4v) is 2.25. The van der Waals surface area contributed by atoms with Crippen molar-refractivity contribution in [1.29, 1.82) is 0 Å². The van der Waals surface area contributed by atoms with Crippen LogP contribution < -0.4 is 4.74 Å². The van der Waals surface area contributed by atoms with Crippen molar-refractivity contribution in [3.05, 3.63) is 42.0 Å². The number of benzene rings is 1. The van der Waals surface area contributed by atoms with Crippen LogP contribution in [0.3, 0.4) is 0 Å². The van der Waals surface area contributed by atoms with Crippen LogP contribution in [0, 0.1) is 11.8 Å². The lowest BCUT2D eigenvalue weighted by Gasteiger charge is -2.19. The summed E-state index contributed by atoms with van der Waals surface area (Å²) in [5, 5.41) is 0. The maximum Gasteiger partial charge on any atom is 0.196 e. The van der Waals surface area contributed by atoms with Gasteiger partial charge in [0.1, 0.15) is 5.75 Å². The minimum atomic E-state index is -0.213. The van der Waals surface area contributed by atoms with Crippen molar-refractivity contribution in [3.8, 4) is 5.75 Å². The highest BCUT2D eigenvalue weighted by atomic mass is 16.7. The highest BCUT2D eigenvalue weighted by Gasteiger charge is 2.12. The minimum Gasteiger partial charge on any atom is -0.465 e. The summed E-state index contributed by atoms with van der Waals surface area (Å²) < 4.78 is 11.4. The van der Waals surface area contributed by atoms with Crippen LogP contribution in [0.25, 0.3) is 0 Å².